The number of nitrogens with two attached hydrogens (primary N) is 2. The van der Waals surface area contributed by atoms with Crippen molar-refractivity contribution in [2.24, 2.45) is 11.5 Å². The zero-order valence-electron chi connectivity index (χ0n) is 8.37. The van der Waals surface area contributed by atoms with Crippen LogP contribution in [0.5, 0.6) is 5.75 Å². The summed E-state index contributed by atoms with van der Waals surface area (Å²) in [6.45, 7) is 0. The molecule has 4 nitrogen and oxygen atoms in total. The van der Waals surface area contributed by atoms with E-state index in [1.807, 2.05) is 0 Å². The smallest absolute Gasteiger partial charge is 0.219 e. The molecule has 1 unspecified atom stereocenters. The summed E-state index contributed by atoms with van der Waals surface area (Å²) in [7, 11) is 1.47. The molecule has 0 aromatic heterocycles. The molecule has 1 rings (SSSR count). The van der Waals surface area contributed by atoms with Crippen LogP contribution in [0.2, 0.25) is 0 Å². The first kappa shape index (κ1) is 11.5. The number of ether oxygens (including phenoxy) is 1. The number of amides is 1. The third kappa shape index (κ3) is 2.92. The van der Waals surface area contributed by atoms with Crippen LogP contribution in [0.4, 0.5) is 4.39 Å². The highest BCUT2D eigenvalue weighted by atomic mass is 19.1. The molecule has 0 aliphatic carbocycles. The van der Waals surface area contributed by atoms with Crippen molar-refractivity contribution in [2.75, 3.05) is 7.11 Å². The summed E-state index contributed by atoms with van der Waals surface area (Å²) in [5, 5.41) is 0. The zero-order chi connectivity index (χ0) is 11.4. The van der Waals surface area contributed by atoms with E-state index < -0.39 is 17.8 Å². The Balaban J connectivity index is 2.95. The fourth-order valence-corrected chi connectivity index (χ4v) is 1.26. The fourth-order valence-electron chi connectivity index (χ4n) is 1.26. The Bertz CT molecular complexity index is 368. The molecule has 4 N–H and O–H groups in total. The second-order valence-electron chi connectivity index (χ2n) is 3.16. The fraction of sp³-hybridized carbons (Fsp3) is 0.300. The molecule has 15 heavy (non-hydrogen) atoms. The molecule has 0 saturated heterocycles. The average Bonchev–Trinajstić information content (AvgIpc) is 2.17. The van der Waals surface area contributed by atoms with Gasteiger partial charge in [-0.15, -0.1) is 0 Å². The summed E-state index contributed by atoms with van der Waals surface area (Å²) >= 11 is 0. The number of carbonyl (C=O) groups is 1. The molecule has 0 aliphatic heterocycles. The molecule has 0 bridgehead atoms. The Morgan fingerprint density at radius 1 is 1.60 bits per heavy atom. The van der Waals surface area contributed by atoms with E-state index in [0.29, 0.717) is 5.75 Å². The van der Waals surface area contributed by atoms with Crippen molar-refractivity contribution in [3.63, 3.8) is 0 Å². The highest BCUT2D eigenvalue weighted by molar-refractivity contribution is 5.74. The second-order valence-corrected chi connectivity index (χ2v) is 3.16. The van der Waals surface area contributed by atoms with E-state index in [0.717, 1.165) is 0 Å². The molecular formula is C10H13FN2O2. The van der Waals surface area contributed by atoms with Gasteiger partial charge in [0.1, 0.15) is 11.6 Å². The van der Waals surface area contributed by atoms with Crippen LogP contribution in [0.15, 0.2) is 18.2 Å². The van der Waals surface area contributed by atoms with Gasteiger partial charge in [0.05, 0.1) is 7.11 Å². The second kappa shape index (κ2) is 4.75. The van der Waals surface area contributed by atoms with E-state index >= 15 is 0 Å². The number of methoxy groups -OCH3 is 1. The van der Waals surface area contributed by atoms with Gasteiger partial charge in [-0.25, -0.2) is 4.39 Å². The van der Waals surface area contributed by atoms with Crippen LogP contribution in [0, 0.1) is 5.82 Å². The maximum Gasteiger partial charge on any atom is 0.219 e. The summed E-state index contributed by atoms with van der Waals surface area (Å²) < 4.78 is 18.2. The predicted octanol–water partition coefficient (Wildman–Crippen LogP) is 0.710. The third-order valence-electron chi connectivity index (χ3n) is 2.02. The SMILES string of the molecule is COc1ccc(F)c(C(N)CC(N)=O)c1. The summed E-state index contributed by atoms with van der Waals surface area (Å²) in [5.41, 5.74) is 10.8. The lowest BCUT2D eigenvalue weighted by molar-refractivity contribution is -0.118. The Hall–Kier alpha value is -1.62. The van der Waals surface area contributed by atoms with Gasteiger partial charge in [-0.3, -0.25) is 4.79 Å². The number of hydrogen-bond acceptors (Lipinski definition) is 3. The highest BCUT2D eigenvalue weighted by Gasteiger charge is 2.14. The molecule has 0 heterocycles. The third-order valence-corrected chi connectivity index (χ3v) is 2.02. The van der Waals surface area contributed by atoms with E-state index in [1.54, 1.807) is 0 Å². The van der Waals surface area contributed by atoms with Crippen molar-refractivity contribution in [1.82, 2.24) is 0 Å². The average molecular weight is 212 g/mol. The van der Waals surface area contributed by atoms with Gasteiger partial charge < -0.3 is 16.2 Å². The van der Waals surface area contributed by atoms with E-state index in [4.69, 9.17) is 16.2 Å². The number of hydrogen-bond donors (Lipinski definition) is 2. The molecule has 1 aromatic rings. The highest BCUT2D eigenvalue weighted by Crippen LogP contribution is 2.22. The number of rotatable bonds is 4. The van der Waals surface area contributed by atoms with Crippen molar-refractivity contribution >= 4 is 5.91 Å². The molecule has 0 radical (unpaired) electrons. The van der Waals surface area contributed by atoms with E-state index in [1.165, 1.54) is 25.3 Å². The molecule has 1 aromatic carbocycles. The lowest BCUT2D eigenvalue weighted by atomic mass is 10.0. The van der Waals surface area contributed by atoms with Crippen LogP contribution in [0.3, 0.4) is 0 Å². The minimum Gasteiger partial charge on any atom is -0.497 e. The molecule has 5 heteroatoms. The first-order chi connectivity index (χ1) is 7.04. The number of halogens is 1. The molecule has 0 spiro atoms. The van der Waals surface area contributed by atoms with Crippen LogP contribution in [-0.4, -0.2) is 13.0 Å². The van der Waals surface area contributed by atoms with Gasteiger partial charge in [0.25, 0.3) is 0 Å². The molecule has 82 valence electrons. The standard InChI is InChI=1S/C10H13FN2O2/c1-15-6-2-3-8(11)7(4-6)9(12)5-10(13)14/h2-4,9H,5,12H2,1H3,(H2,13,14). The van der Waals surface area contributed by atoms with Gasteiger partial charge in [0.15, 0.2) is 0 Å². The molecule has 0 saturated carbocycles. The predicted molar refractivity (Wildman–Crippen MR) is 53.7 cm³/mol. The van der Waals surface area contributed by atoms with E-state index in [-0.39, 0.29) is 12.0 Å². The maximum absolute atomic E-state index is 13.3. The maximum atomic E-state index is 13.3. The van der Waals surface area contributed by atoms with Gasteiger partial charge in [0, 0.05) is 18.0 Å². The van der Waals surface area contributed by atoms with Crippen molar-refractivity contribution < 1.29 is 13.9 Å². The van der Waals surface area contributed by atoms with Gasteiger partial charge in [-0.1, -0.05) is 0 Å². The number of primary amides is 1. The first-order valence-corrected chi connectivity index (χ1v) is 4.42. The largest absolute Gasteiger partial charge is 0.497 e. The van der Waals surface area contributed by atoms with Crippen LogP contribution in [0.25, 0.3) is 0 Å². The lowest BCUT2D eigenvalue weighted by Crippen LogP contribution is -2.21. The van der Waals surface area contributed by atoms with Crippen molar-refractivity contribution in [3.05, 3.63) is 29.6 Å². The van der Waals surface area contributed by atoms with Crippen LogP contribution in [0.1, 0.15) is 18.0 Å². The molecule has 1 amide bonds. The molecule has 0 aliphatic rings. The summed E-state index contributed by atoms with van der Waals surface area (Å²) in [6, 6.07) is 3.45. The van der Waals surface area contributed by atoms with Crippen LogP contribution < -0.4 is 16.2 Å². The van der Waals surface area contributed by atoms with Crippen LogP contribution >= 0.6 is 0 Å². The van der Waals surface area contributed by atoms with E-state index in [9.17, 15) is 9.18 Å². The minimum absolute atomic E-state index is 0.0932. The molecular weight excluding hydrogens is 199 g/mol. The summed E-state index contributed by atoms with van der Waals surface area (Å²) in [5.74, 6) is -0.541. The van der Waals surface area contributed by atoms with Crippen molar-refractivity contribution in [1.29, 1.82) is 0 Å². The summed E-state index contributed by atoms with van der Waals surface area (Å²) in [6.07, 6.45) is -0.0932. The van der Waals surface area contributed by atoms with Gasteiger partial charge in [0.2, 0.25) is 5.91 Å². The number of carbonyl (C=O) groups excluding carboxylic acids is 1. The Morgan fingerprint density at radius 2 is 2.27 bits per heavy atom. The van der Waals surface area contributed by atoms with Gasteiger partial charge in [-0.05, 0) is 18.2 Å². The minimum atomic E-state index is -0.738. The van der Waals surface area contributed by atoms with E-state index in [2.05, 4.69) is 0 Å². The summed E-state index contributed by atoms with van der Waals surface area (Å²) in [4.78, 5) is 10.6. The number of benzene rings is 1. The normalized spacial score (nSPS) is 12.2. The Morgan fingerprint density at radius 3 is 2.80 bits per heavy atom. The van der Waals surface area contributed by atoms with Gasteiger partial charge >= 0.3 is 0 Å². The van der Waals surface area contributed by atoms with Crippen molar-refractivity contribution in [3.8, 4) is 5.75 Å². The lowest BCUT2D eigenvalue weighted by Gasteiger charge is -2.12. The first-order valence-electron chi connectivity index (χ1n) is 4.42. The molecule has 1 atom stereocenters. The van der Waals surface area contributed by atoms with Crippen LogP contribution in [-0.2, 0) is 4.79 Å². The monoisotopic (exact) mass is 212 g/mol. The molecule has 0 fully saturated rings. The Labute approximate surface area is 87.0 Å². The van der Waals surface area contributed by atoms with Crippen molar-refractivity contribution in [2.45, 2.75) is 12.5 Å². The van der Waals surface area contributed by atoms with Gasteiger partial charge in [-0.2, -0.15) is 0 Å². The topological polar surface area (TPSA) is 78.3 Å². The Kier molecular flexibility index (Phi) is 3.62. The zero-order valence-corrected chi connectivity index (χ0v) is 8.37. The quantitative estimate of drug-likeness (QED) is 0.771.